The normalized spacial score (nSPS) is 13.4. The standard InChI is InChI=1S/C24H27N3OS/c1-3-18-9-11-19(12-10-18)16-26(2)23(28)17-29-24-25-15-22(27(24)21-13-14-21)20-7-5-4-6-8-20/h4-12,15,21H,3,13-14,16-17H2,1-2H3. The number of aryl methyl sites for hydroxylation is 1. The van der Waals surface area contributed by atoms with Gasteiger partial charge < -0.3 is 9.47 Å². The molecule has 3 aromatic rings. The number of carbonyl (C=O) groups is 1. The van der Waals surface area contributed by atoms with Crippen LogP contribution in [0.5, 0.6) is 0 Å². The summed E-state index contributed by atoms with van der Waals surface area (Å²) < 4.78 is 2.32. The van der Waals surface area contributed by atoms with Gasteiger partial charge in [0.25, 0.3) is 0 Å². The molecule has 0 bridgehead atoms. The van der Waals surface area contributed by atoms with Crippen LogP contribution >= 0.6 is 11.8 Å². The molecular weight excluding hydrogens is 378 g/mol. The number of thioether (sulfide) groups is 1. The van der Waals surface area contributed by atoms with Gasteiger partial charge in [0.1, 0.15) is 0 Å². The summed E-state index contributed by atoms with van der Waals surface area (Å²) in [7, 11) is 1.87. The second-order valence-electron chi connectivity index (χ2n) is 7.60. The molecule has 0 spiro atoms. The minimum Gasteiger partial charge on any atom is -0.341 e. The van der Waals surface area contributed by atoms with Crippen molar-refractivity contribution < 1.29 is 4.79 Å². The number of carbonyl (C=O) groups excluding carboxylic acids is 1. The lowest BCUT2D eigenvalue weighted by Gasteiger charge is -2.17. The predicted molar refractivity (Wildman–Crippen MR) is 119 cm³/mol. The molecule has 150 valence electrons. The summed E-state index contributed by atoms with van der Waals surface area (Å²) >= 11 is 1.54. The Hall–Kier alpha value is -2.53. The van der Waals surface area contributed by atoms with Gasteiger partial charge in [-0.05, 0) is 36.0 Å². The van der Waals surface area contributed by atoms with Crippen LogP contribution in [0.3, 0.4) is 0 Å². The molecule has 1 amide bonds. The van der Waals surface area contributed by atoms with Crippen molar-refractivity contribution in [2.45, 2.75) is 43.9 Å². The van der Waals surface area contributed by atoms with Crippen molar-refractivity contribution in [3.63, 3.8) is 0 Å². The number of imidazole rings is 1. The van der Waals surface area contributed by atoms with Gasteiger partial charge in [-0.1, -0.05) is 73.3 Å². The smallest absolute Gasteiger partial charge is 0.233 e. The summed E-state index contributed by atoms with van der Waals surface area (Å²) in [5.41, 5.74) is 4.80. The van der Waals surface area contributed by atoms with Crippen molar-refractivity contribution in [1.82, 2.24) is 14.5 Å². The average Bonchev–Trinajstić information content (AvgIpc) is 3.52. The Labute approximate surface area is 177 Å². The lowest BCUT2D eigenvalue weighted by atomic mass is 10.1. The van der Waals surface area contributed by atoms with Gasteiger partial charge in [-0.3, -0.25) is 4.79 Å². The van der Waals surface area contributed by atoms with Crippen LogP contribution in [-0.4, -0.2) is 33.2 Å². The third-order valence-electron chi connectivity index (χ3n) is 5.35. The Morgan fingerprint density at radius 2 is 1.79 bits per heavy atom. The monoisotopic (exact) mass is 405 g/mol. The fraction of sp³-hybridized carbons (Fsp3) is 0.333. The molecule has 4 nitrogen and oxygen atoms in total. The van der Waals surface area contributed by atoms with E-state index in [9.17, 15) is 4.79 Å². The maximum Gasteiger partial charge on any atom is 0.233 e. The van der Waals surface area contributed by atoms with Gasteiger partial charge in [0.2, 0.25) is 5.91 Å². The van der Waals surface area contributed by atoms with Crippen LogP contribution in [0.4, 0.5) is 0 Å². The fourth-order valence-electron chi connectivity index (χ4n) is 3.44. The van der Waals surface area contributed by atoms with E-state index in [1.807, 2.05) is 19.3 Å². The molecule has 0 aliphatic heterocycles. The third kappa shape index (κ3) is 4.73. The highest BCUT2D eigenvalue weighted by Gasteiger charge is 2.29. The van der Waals surface area contributed by atoms with Crippen molar-refractivity contribution in [3.8, 4) is 11.3 Å². The minimum atomic E-state index is 0.126. The molecule has 0 unspecified atom stereocenters. The number of aromatic nitrogens is 2. The number of benzene rings is 2. The number of amides is 1. The van der Waals surface area contributed by atoms with Gasteiger partial charge in [-0.15, -0.1) is 0 Å². The molecule has 0 atom stereocenters. The fourth-order valence-corrected chi connectivity index (χ4v) is 4.42. The molecule has 2 aromatic carbocycles. The second kappa shape index (κ2) is 8.87. The Bertz CT molecular complexity index is 962. The number of nitrogens with zero attached hydrogens (tertiary/aromatic N) is 3. The molecule has 1 saturated carbocycles. The van der Waals surface area contributed by atoms with Gasteiger partial charge in [-0.2, -0.15) is 0 Å². The van der Waals surface area contributed by atoms with E-state index in [0.29, 0.717) is 18.3 Å². The van der Waals surface area contributed by atoms with Crippen LogP contribution in [0.15, 0.2) is 66.0 Å². The van der Waals surface area contributed by atoms with Crippen LogP contribution in [0.2, 0.25) is 0 Å². The molecule has 0 saturated heterocycles. The van der Waals surface area contributed by atoms with Gasteiger partial charge in [0, 0.05) is 19.6 Å². The average molecular weight is 406 g/mol. The highest BCUT2D eigenvalue weighted by atomic mass is 32.2. The van der Waals surface area contributed by atoms with Crippen molar-refractivity contribution in [1.29, 1.82) is 0 Å². The highest BCUT2D eigenvalue weighted by molar-refractivity contribution is 7.99. The second-order valence-corrected chi connectivity index (χ2v) is 8.54. The summed E-state index contributed by atoms with van der Waals surface area (Å²) in [6, 6.07) is 19.4. The summed E-state index contributed by atoms with van der Waals surface area (Å²) in [6.07, 6.45) is 5.35. The van der Waals surface area contributed by atoms with Crippen molar-refractivity contribution in [3.05, 3.63) is 71.9 Å². The number of hydrogen-bond donors (Lipinski definition) is 0. The van der Waals surface area contributed by atoms with E-state index < -0.39 is 0 Å². The maximum atomic E-state index is 12.7. The molecule has 29 heavy (non-hydrogen) atoms. The molecular formula is C24H27N3OS. The topological polar surface area (TPSA) is 38.1 Å². The Morgan fingerprint density at radius 3 is 2.45 bits per heavy atom. The first-order valence-corrected chi connectivity index (χ1v) is 11.2. The Morgan fingerprint density at radius 1 is 1.10 bits per heavy atom. The molecule has 1 heterocycles. The molecule has 1 fully saturated rings. The maximum absolute atomic E-state index is 12.7. The Balaban J connectivity index is 1.40. The van der Waals surface area contributed by atoms with Crippen molar-refractivity contribution >= 4 is 17.7 Å². The highest BCUT2D eigenvalue weighted by Crippen LogP contribution is 2.41. The van der Waals surface area contributed by atoms with Gasteiger partial charge >= 0.3 is 0 Å². The Kier molecular flexibility index (Phi) is 6.05. The van der Waals surface area contributed by atoms with Gasteiger partial charge in [-0.25, -0.2) is 4.98 Å². The first-order chi connectivity index (χ1) is 14.2. The summed E-state index contributed by atoms with van der Waals surface area (Å²) in [5, 5.41) is 0.945. The predicted octanol–water partition coefficient (Wildman–Crippen LogP) is 5.20. The molecule has 0 N–H and O–H groups in total. The molecule has 1 aromatic heterocycles. The minimum absolute atomic E-state index is 0.126. The van der Waals surface area contributed by atoms with E-state index in [-0.39, 0.29) is 5.91 Å². The zero-order valence-electron chi connectivity index (χ0n) is 17.0. The molecule has 0 radical (unpaired) electrons. The van der Waals surface area contributed by atoms with Crippen molar-refractivity contribution in [2.24, 2.45) is 0 Å². The van der Waals surface area contributed by atoms with Gasteiger partial charge in [0.05, 0.1) is 17.6 Å². The molecule has 1 aliphatic rings. The lowest BCUT2D eigenvalue weighted by Crippen LogP contribution is -2.27. The molecule has 4 rings (SSSR count). The van der Waals surface area contributed by atoms with Crippen LogP contribution in [0.25, 0.3) is 11.3 Å². The third-order valence-corrected chi connectivity index (χ3v) is 6.30. The number of hydrogen-bond acceptors (Lipinski definition) is 3. The number of rotatable bonds is 8. The lowest BCUT2D eigenvalue weighted by molar-refractivity contribution is -0.127. The van der Waals surface area contributed by atoms with E-state index in [1.54, 1.807) is 16.7 Å². The van der Waals surface area contributed by atoms with E-state index in [4.69, 9.17) is 0 Å². The largest absolute Gasteiger partial charge is 0.341 e. The molecule has 5 heteroatoms. The van der Waals surface area contributed by atoms with Crippen LogP contribution in [0.1, 0.15) is 36.9 Å². The summed E-state index contributed by atoms with van der Waals surface area (Å²) in [4.78, 5) is 19.1. The van der Waals surface area contributed by atoms with E-state index >= 15 is 0 Å². The van der Waals surface area contributed by atoms with Crippen LogP contribution in [-0.2, 0) is 17.8 Å². The molecule has 1 aliphatic carbocycles. The first kappa shape index (κ1) is 19.8. The summed E-state index contributed by atoms with van der Waals surface area (Å²) in [5.74, 6) is 0.530. The van der Waals surface area contributed by atoms with E-state index in [0.717, 1.165) is 22.8 Å². The van der Waals surface area contributed by atoms with Crippen molar-refractivity contribution in [2.75, 3.05) is 12.8 Å². The van der Waals surface area contributed by atoms with Gasteiger partial charge in [0.15, 0.2) is 5.16 Å². The zero-order chi connectivity index (χ0) is 20.2. The van der Waals surface area contributed by atoms with Crippen LogP contribution < -0.4 is 0 Å². The SMILES string of the molecule is CCc1ccc(CN(C)C(=O)CSc2ncc(-c3ccccc3)n2C2CC2)cc1. The van der Waals surface area contributed by atoms with Crippen LogP contribution in [0, 0.1) is 0 Å². The zero-order valence-corrected chi connectivity index (χ0v) is 17.9. The summed E-state index contributed by atoms with van der Waals surface area (Å²) in [6.45, 7) is 2.78. The first-order valence-electron chi connectivity index (χ1n) is 10.2. The quantitative estimate of drug-likeness (QED) is 0.484. The van der Waals surface area contributed by atoms with E-state index in [1.165, 1.54) is 24.0 Å². The van der Waals surface area contributed by atoms with E-state index in [2.05, 4.69) is 65.0 Å².